The van der Waals surface area contributed by atoms with E-state index in [0.717, 1.165) is 43.8 Å². The lowest BCUT2D eigenvalue weighted by Gasteiger charge is -2.04. The zero-order valence-corrected chi connectivity index (χ0v) is 18.0. The molecule has 1 N–H and O–H groups in total. The molecule has 0 spiro atoms. The number of carbonyl (C=O) groups excluding carboxylic acids is 1. The third kappa shape index (κ3) is 10.1. The SMILES string of the molecule is CCc1ccc(OCc2cn(CCCCCCCCCCNC(C)=O)nn2)cc1. The fourth-order valence-corrected chi connectivity index (χ4v) is 3.22. The lowest BCUT2D eigenvalue weighted by Crippen LogP contribution is -2.20. The molecule has 6 nitrogen and oxygen atoms in total. The van der Waals surface area contributed by atoms with Crippen LogP contribution in [0.3, 0.4) is 0 Å². The average Bonchev–Trinajstić information content (AvgIpc) is 3.18. The maximum absolute atomic E-state index is 10.8. The van der Waals surface area contributed by atoms with Crippen molar-refractivity contribution in [2.45, 2.75) is 84.8 Å². The summed E-state index contributed by atoms with van der Waals surface area (Å²) in [6, 6.07) is 8.20. The van der Waals surface area contributed by atoms with Gasteiger partial charge in [-0.05, 0) is 37.0 Å². The van der Waals surface area contributed by atoms with Gasteiger partial charge in [0.1, 0.15) is 18.1 Å². The molecule has 160 valence electrons. The standard InChI is InChI=1S/C23H36N4O2/c1-3-21-12-14-23(15-13-21)29-19-22-18-27(26-25-22)17-11-9-7-5-4-6-8-10-16-24-20(2)28/h12-15,18H,3-11,16-17,19H2,1-2H3,(H,24,28). The Hall–Kier alpha value is -2.37. The number of rotatable bonds is 15. The van der Waals surface area contributed by atoms with Gasteiger partial charge in [-0.1, -0.05) is 62.8 Å². The van der Waals surface area contributed by atoms with Crippen LogP contribution >= 0.6 is 0 Å². The normalized spacial score (nSPS) is 10.8. The first-order chi connectivity index (χ1) is 14.2. The highest BCUT2D eigenvalue weighted by Crippen LogP contribution is 2.14. The number of nitrogens with one attached hydrogen (secondary N) is 1. The van der Waals surface area contributed by atoms with Gasteiger partial charge in [0, 0.05) is 20.0 Å². The molecule has 0 unspecified atom stereocenters. The summed E-state index contributed by atoms with van der Waals surface area (Å²) in [5.74, 6) is 0.936. The molecular formula is C23H36N4O2. The first kappa shape index (κ1) is 22.9. The molecule has 0 bridgehead atoms. The van der Waals surface area contributed by atoms with E-state index in [1.165, 1.54) is 44.1 Å². The molecule has 2 rings (SSSR count). The van der Waals surface area contributed by atoms with E-state index in [2.05, 4.69) is 34.7 Å². The zero-order chi connectivity index (χ0) is 20.7. The molecule has 0 aliphatic carbocycles. The summed E-state index contributed by atoms with van der Waals surface area (Å²) in [6.07, 6.45) is 12.7. The number of hydrogen-bond donors (Lipinski definition) is 1. The number of unbranched alkanes of at least 4 members (excludes halogenated alkanes) is 7. The number of aryl methyl sites for hydroxylation is 2. The Morgan fingerprint density at radius 2 is 1.66 bits per heavy atom. The van der Waals surface area contributed by atoms with Gasteiger partial charge in [0.05, 0.1) is 6.20 Å². The molecule has 1 aromatic heterocycles. The van der Waals surface area contributed by atoms with Crippen molar-refractivity contribution >= 4 is 5.91 Å². The molecule has 0 saturated heterocycles. The first-order valence-corrected chi connectivity index (χ1v) is 11.0. The van der Waals surface area contributed by atoms with Crippen LogP contribution in [0.5, 0.6) is 5.75 Å². The van der Waals surface area contributed by atoms with E-state index in [-0.39, 0.29) is 5.91 Å². The van der Waals surface area contributed by atoms with Crippen molar-refractivity contribution in [3.05, 3.63) is 41.7 Å². The monoisotopic (exact) mass is 400 g/mol. The molecule has 2 aromatic rings. The maximum Gasteiger partial charge on any atom is 0.216 e. The number of hydrogen-bond acceptors (Lipinski definition) is 4. The van der Waals surface area contributed by atoms with Crippen molar-refractivity contribution < 1.29 is 9.53 Å². The van der Waals surface area contributed by atoms with Crippen LogP contribution in [0.4, 0.5) is 0 Å². The Balaban J connectivity index is 1.48. The Morgan fingerprint density at radius 3 is 2.31 bits per heavy atom. The highest BCUT2D eigenvalue weighted by molar-refractivity contribution is 5.72. The fraction of sp³-hybridized carbons (Fsp3) is 0.609. The van der Waals surface area contributed by atoms with E-state index in [9.17, 15) is 4.79 Å². The first-order valence-electron chi connectivity index (χ1n) is 11.0. The minimum absolute atomic E-state index is 0.0683. The van der Waals surface area contributed by atoms with Gasteiger partial charge in [-0.2, -0.15) is 0 Å². The van der Waals surface area contributed by atoms with Crippen LogP contribution < -0.4 is 10.1 Å². The summed E-state index contributed by atoms with van der Waals surface area (Å²) in [6.45, 7) is 5.89. The quantitative estimate of drug-likeness (QED) is 0.441. The van der Waals surface area contributed by atoms with Crippen LogP contribution in [0, 0.1) is 0 Å². The second-order valence-corrected chi connectivity index (χ2v) is 7.57. The van der Waals surface area contributed by atoms with E-state index in [0.29, 0.717) is 6.61 Å². The van der Waals surface area contributed by atoms with Gasteiger partial charge in [-0.3, -0.25) is 9.48 Å². The highest BCUT2D eigenvalue weighted by atomic mass is 16.5. The average molecular weight is 401 g/mol. The summed E-state index contributed by atoms with van der Waals surface area (Å²) in [7, 11) is 0. The van der Waals surface area contributed by atoms with Crippen LogP contribution in [-0.2, 0) is 24.4 Å². The summed E-state index contributed by atoms with van der Waals surface area (Å²) in [4.78, 5) is 10.8. The predicted octanol–water partition coefficient (Wildman–Crippen LogP) is 4.68. The Bertz CT molecular complexity index is 697. The van der Waals surface area contributed by atoms with Gasteiger partial charge < -0.3 is 10.1 Å². The fourth-order valence-electron chi connectivity index (χ4n) is 3.22. The predicted molar refractivity (Wildman–Crippen MR) is 116 cm³/mol. The Kier molecular flexibility index (Phi) is 10.9. The van der Waals surface area contributed by atoms with Crippen molar-refractivity contribution in [2.24, 2.45) is 0 Å². The van der Waals surface area contributed by atoms with Crippen LogP contribution in [0.25, 0.3) is 0 Å². The van der Waals surface area contributed by atoms with Crippen LogP contribution in [0.1, 0.15) is 76.5 Å². The van der Waals surface area contributed by atoms with E-state index in [1.54, 1.807) is 6.92 Å². The van der Waals surface area contributed by atoms with Crippen LogP contribution in [0.15, 0.2) is 30.5 Å². The molecule has 0 aliphatic rings. The summed E-state index contributed by atoms with van der Waals surface area (Å²) >= 11 is 0. The van der Waals surface area contributed by atoms with Gasteiger partial charge in [0.2, 0.25) is 5.91 Å². The second-order valence-electron chi connectivity index (χ2n) is 7.57. The molecule has 6 heteroatoms. The lowest BCUT2D eigenvalue weighted by molar-refractivity contribution is -0.118. The third-order valence-electron chi connectivity index (χ3n) is 4.99. The third-order valence-corrected chi connectivity index (χ3v) is 4.99. The van der Waals surface area contributed by atoms with Crippen molar-refractivity contribution in [1.82, 2.24) is 20.3 Å². The maximum atomic E-state index is 10.8. The van der Waals surface area contributed by atoms with Crippen molar-refractivity contribution in [3.63, 3.8) is 0 Å². The number of aromatic nitrogens is 3. The van der Waals surface area contributed by atoms with Gasteiger partial charge in [-0.15, -0.1) is 5.10 Å². The summed E-state index contributed by atoms with van der Waals surface area (Å²) in [5.41, 5.74) is 2.18. The molecule has 0 aliphatic heterocycles. The molecule has 1 aromatic carbocycles. The van der Waals surface area contributed by atoms with Gasteiger partial charge >= 0.3 is 0 Å². The molecule has 1 amide bonds. The number of carbonyl (C=O) groups is 1. The molecule has 29 heavy (non-hydrogen) atoms. The second kappa shape index (κ2) is 13.7. The molecule has 0 atom stereocenters. The van der Waals surface area contributed by atoms with Gasteiger partial charge in [0.25, 0.3) is 0 Å². The number of benzene rings is 1. The topological polar surface area (TPSA) is 69.0 Å². The van der Waals surface area contributed by atoms with Gasteiger partial charge in [-0.25, -0.2) is 0 Å². The minimum Gasteiger partial charge on any atom is -0.487 e. The molecular weight excluding hydrogens is 364 g/mol. The van der Waals surface area contributed by atoms with Crippen molar-refractivity contribution in [3.8, 4) is 5.75 Å². The van der Waals surface area contributed by atoms with E-state index in [1.807, 2.05) is 23.0 Å². The molecule has 0 fully saturated rings. The highest BCUT2D eigenvalue weighted by Gasteiger charge is 2.03. The molecule has 0 radical (unpaired) electrons. The van der Waals surface area contributed by atoms with E-state index < -0.39 is 0 Å². The number of amides is 1. The molecule has 1 heterocycles. The minimum atomic E-state index is 0.0683. The van der Waals surface area contributed by atoms with E-state index >= 15 is 0 Å². The van der Waals surface area contributed by atoms with Gasteiger partial charge in [0.15, 0.2) is 0 Å². The Labute approximate surface area is 175 Å². The van der Waals surface area contributed by atoms with Crippen molar-refractivity contribution in [1.29, 1.82) is 0 Å². The van der Waals surface area contributed by atoms with Crippen LogP contribution in [0.2, 0.25) is 0 Å². The van der Waals surface area contributed by atoms with E-state index in [4.69, 9.17) is 4.74 Å². The molecule has 0 saturated carbocycles. The largest absolute Gasteiger partial charge is 0.487 e. The summed E-state index contributed by atoms with van der Waals surface area (Å²) < 4.78 is 7.70. The Morgan fingerprint density at radius 1 is 1.00 bits per heavy atom. The van der Waals surface area contributed by atoms with Crippen molar-refractivity contribution in [2.75, 3.05) is 6.54 Å². The number of ether oxygens (including phenoxy) is 1. The zero-order valence-electron chi connectivity index (χ0n) is 18.0. The number of nitrogens with zero attached hydrogens (tertiary/aromatic N) is 3. The lowest BCUT2D eigenvalue weighted by atomic mass is 10.1. The smallest absolute Gasteiger partial charge is 0.216 e. The summed E-state index contributed by atoms with van der Waals surface area (Å²) in [5, 5.41) is 11.2. The van der Waals surface area contributed by atoms with Crippen LogP contribution in [-0.4, -0.2) is 27.4 Å².